The summed E-state index contributed by atoms with van der Waals surface area (Å²) in [7, 11) is 0. The SMILES string of the molecule is Oc1ccc(OC(F)(F)F)cc1-c1cn[nH]c1. The normalized spacial score (nSPS) is 11.5. The van der Waals surface area contributed by atoms with Gasteiger partial charge in [-0.1, -0.05) is 0 Å². The first-order valence-corrected chi connectivity index (χ1v) is 4.53. The molecule has 0 aliphatic rings. The Morgan fingerprint density at radius 3 is 2.65 bits per heavy atom. The average molecular weight is 244 g/mol. The predicted molar refractivity (Wildman–Crippen MR) is 52.4 cm³/mol. The molecule has 0 bridgehead atoms. The Bertz CT molecular complexity index is 509. The number of nitrogens with zero attached hydrogens (tertiary/aromatic N) is 1. The summed E-state index contributed by atoms with van der Waals surface area (Å²) in [6, 6.07) is 3.25. The number of benzene rings is 1. The highest BCUT2D eigenvalue weighted by Gasteiger charge is 2.31. The lowest BCUT2D eigenvalue weighted by atomic mass is 10.1. The maximum absolute atomic E-state index is 12.0. The van der Waals surface area contributed by atoms with E-state index in [1.807, 2.05) is 0 Å². The van der Waals surface area contributed by atoms with Crippen LogP contribution in [-0.4, -0.2) is 21.7 Å². The van der Waals surface area contributed by atoms with Crippen molar-refractivity contribution in [2.24, 2.45) is 0 Å². The molecule has 0 saturated carbocycles. The van der Waals surface area contributed by atoms with Gasteiger partial charge in [0.2, 0.25) is 0 Å². The molecular formula is C10H7F3N2O2. The molecular weight excluding hydrogens is 237 g/mol. The number of aromatic nitrogens is 2. The van der Waals surface area contributed by atoms with E-state index >= 15 is 0 Å². The number of nitrogens with one attached hydrogen (secondary N) is 1. The van der Waals surface area contributed by atoms with Crippen molar-refractivity contribution in [1.29, 1.82) is 0 Å². The lowest BCUT2D eigenvalue weighted by molar-refractivity contribution is -0.274. The van der Waals surface area contributed by atoms with Crippen LogP contribution in [0.1, 0.15) is 0 Å². The summed E-state index contributed by atoms with van der Waals surface area (Å²) in [5.74, 6) is -0.549. The lowest BCUT2D eigenvalue weighted by Gasteiger charge is -2.10. The molecule has 0 amide bonds. The van der Waals surface area contributed by atoms with Gasteiger partial charge in [-0.25, -0.2) is 0 Å². The Hall–Kier alpha value is -2.18. The maximum Gasteiger partial charge on any atom is 0.573 e. The molecule has 0 spiro atoms. The Balaban J connectivity index is 2.37. The summed E-state index contributed by atoms with van der Waals surface area (Å²) in [6.07, 6.45) is -1.93. The van der Waals surface area contributed by atoms with E-state index in [-0.39, 0.29) is 11.3 Å². The van der Waals surface area contributed by atoms with Crippen molar-refractivity contribution in [2.75, 3.05) is 0 Å². The van der Waals surface area contributed by atoms with Crippen LogP contribution in [-0.2, 0) is 0 Å². The van der Waals surface area contributed by atoms with Crippen molar-refractivity contribution in [1.82, 2.24) is 10.2 Å². The number of hydrogen-bond donors (Lipinski definition) is 2. The standard InChI is InChI=1S/C10H7F3N2O2/c11-10(12,13)17-7-1-2-9(16)8(3-7)6-4-14-15-5-6/h1-5,16H,(H,14,15). The molecule has 0 aliphatic carbocycles. The van der Waals surface area contributed by atoms with Crippen LogP contribution < -0.4 is 4.74 Å². The summed E-state index contributed by atoms with van der Waals surface area (Å²) < 4.78 is 39.8. The van der Waals surface area contributed by atoms with Crippen molar-refractivity contribution in [2.45, 2.75) is 6.36 Å². The number of aromatic hydroxyl groups is 1. The van der Waals surface area contributed by atoms with Gasteiger partial charge in [-0.3, -0.25) is 5.10 Å². The molecule has 0 fully saturated rings. The summed E-state index contributed by atoms with van der Waals surface area (Å²) in [4.78, 5) is 0. The molecule has 1 aromatic carbocycles. The molecule has 17 heavy (non-hydrogen) atoms. The number of alkyl halides is 3. The molecule has 2 rings (SSSR count). The second-order valence-electron chi connectivity index (χ2n) is 3.21. The van der Waals surface area contributed by atoms with E-state index in [1.165, 1.54) is 12.4 Å². The minimum atomic E-state index is -4.76. The van der Waals surface area contributed by atoms with Crippen LogP contribution in [0.25, 0.3) is 11.1 Å². The molecule has 1 aromatic heterocycles. The fraction of sp³-hybridized carbons (Fsp3) is 0.100. The fourth-order valence-electron chi connectivity index (χ4n) is 1.34. The minimum absolute atomic E-state index is 0.152. The molecule has 1 heterocycles. The largest absolute Gasteiger partial charge is 0.573 e. The number of halogens is 3. The number of phenolic OH excluding ortho intramolecular Hbond substituents is 1. The number of phenols is 1. The van der Waals surface area contributed by atoms with Crippen LogP contribution in [0.3, 0.4) is 0 Å². The number of ether oxygens (including phenoxy) is 1. The minimum Gasteiger partial charge on any atom is -0.507 e. The first kappa shape index (κ1) is 11.3. The van der Waals surface area contributed by atoms with Gasteiger partial charge >= 0.3 is 6.36 Å². The van der Waals surface area contributed by atoms with Crippen molar-refractivity contribution < 1.29 is 23.0 Å². The molecule has 0 radical (unpaired) electrons. The van der Waals surface area contributed by atoms with Crippen LogP contribution in [0.5, 0.6) is 11.5 Å². The van der Waals surface area contributed by atoms with Crippen molar-refractivity contribution >= 4 is 0 Å². The smallest absolute Gasteiger partial charge is 0.507 e. The van der Waals surface area contributed by atoms with E-state index in [1.54, 1.807) is 0 Å². The molecule has 90 valence electrons. The lowest BCUT2D eigenvalue weighted by Crippen LogP contribution is -2.17. The monoisotopic (exact) mass is 244 g/mol. The van der Waals surface area contributed by atoms with Gasteiger partial charge in [-0.15, -0.1) is 13.2 Å². The van der Waals surface area contributed by atoms with Gasteiger partial charge in [0.25, 0.3) is 0 Å². The quantitative estimate of drug-likeness (QED) is 0.853. The van der Waals surface area contributed by atoms with E-state index in [0.29, 0.717) is 5.56 Å². The molecule has 7 heteroatoms. The van der Waals surface area contributed by atoms with E-state index in [4.69, 9.17) is 0 Å². The Morgan fingerprint density at radius 1 is 1.29 bits per heavy atom. The first-order chi connectivity index (χ1) is 7.96. The molecule has 2 N–H and O–H groups in total. The van der Waals surface area contributed by atoms with Gasteiger partial charge < -0.3 is 9.84 Å². The maximum atomic E-state index is 12.0. The average Bonchev–Trinajstić information content (AvgIpc) is 2.72. The first-order valence-electron chi connectivity index (χ1n) is 4.53. The van der Waals surface area contributed by atoms with Gasteiger partial charge in [0, 0.05) is 17.3 Å². The highest BCUT2D eigenvalue weighted by Crippen LogP contribution is 2.33. The van der Waals surface area contributed by atoms with Crippen LogP contribution in [0, 0.1) is 0 Å². The van der Waals surface area contributed by atoms with Crippen LogP contribution in [0.4, 0.5) is 13.2 Å². The third-order valence-electron chi connectivity index (χ3n) is 2.01. The Kier molecular flexibility index (Phi) is 2.66. The molecule has 2 aromatic rings. The fourth-order valence-corrected chi connectivity index (χ4v) is 1.34. The third-order valence-corrected chi connectivity index (χ3v) is 2.01. The molecule has 0 saturated heterocycles. The van der Waals surface area contributed by atoms with Gasteiger partial charge in [0.15, 0.2) is 0 Å². The van der Waals surface area contributed by atoms with Gasteiger partial charge in [-0.2, -0.15) is 5.10 Å². The number of rotatable bonds is 2. The number of hydrogen-bond acceptors (Lipinski definition) is 3. The van der Waals surface area contributed by atoms with Gasteiger partial charge in [0.1, 0.15) is 11.5 Å². The second-order valence-corrected chi connectivity index (χ2v) is 3.21. The second kappa shape index (κ2) is 4.00. The zero-order valence-electron chi connectivity index (χ0n) is 8.32. The predicted octanol–water partition coefficient (Wildman–Crippen LogP) is 2.68. The van der Waals surface area contributed by atoms with Crippen molar-refractivity contribution in [3.63, 3.8) is 0 Å². The molecule has 0 aliphatic heterocycles. The highest BCUT2D eigenvalue weighted by atomic mass is 19.4. The zero-order chi connectivity index (χ0) is 12.5. The van der Waals surface area contributed by atoms with Crippen molar-refractivity contribution in [3.8, 4) is 22.6 Å². The molecule has 4 nitrogen and oxygen atoms in total. The van der Waals surface area contributed by atoms with Crippen molar-refractivity contribution in [3.05, 3.63) is 30.6 Å². The highest BCUT2D eigenvalue weighted by molar-refractivity contribution is 5.70. The Morgan fingerprint density at radius 2 is 2.06 bits per heavy atom. The summed E-state index contributed by atoms with van der Waals surface area (Å²) >= 11 is 0. The number of aromatic amines is 1. The number of H-pyrrole nitrogens is 1. The van der Waals surface area contributed by atoms with Gasteiger partial charge in [0.05, 0.1) is 6.20 Å². The third kappa shape index (κ3) is 2.68. The van der Waals surface area contributed by atoms with E-state index < -0.39 is 12.1 Å². The van der Waals surface area contributed by atoms with Gasteiger partial charge in [-0.05, 0) is 18.2 Å². The van der Waals surface area contributed by atoms with Crippen LogP contribution >= 0.6 is 0 Å². The summed E-state index contributed by atoms with van der Waals surface area (Å²) in [5.41, 5.74) is 0.677. The topological polar surface area (TPSA) is 58.1 Å². The summed E-state index contributed by atoms with van der Waals surface area (Å²) in [6.45, 7) is 0. The Labute approximate surface area is 93.7 Å². The van der Waals surface area contributed by atoms with Crippen LogP contribution in [0.15, 0.2) is 30.6 Å². The van der Waals surface area contributed by atoms with E-state index in [0.717, 1.165) is 18.2 Å². The zero-order valence-corrected chi connectivity index (χ0v) is 8.32. The summed E-state index contributed by atoms with van der Waals surface area (Å²) in [5, 5.41) is 15.7. The molecule has 0 atom stereocenters. The van der Waals surface area contributed by atoms with E-state index in [9.17, 15) is 18.3 Å². The van der Waals surface area contributed by atoms with E-state index in [2.05, 4.69) is 14.9 Å². The molecule has 0 unspecified atom stereocenters. The van der Waals surface area contributed by atoms with Crippen LogP contribution in [0.2, 0.25) is 0 Å².